The van der Waals surface area contributed by atoms with Crippen molar-refractivity contribution in [3.05, 3.63) is 0 Å². The Kier molecular flexibility index (Phi) is 47.3. The van der Waals surface area contributed by atoms with Gasteiger partial charge in [0.25, 0.3) is 0 Å². The summed E-state index contributed by atoms with van der Waals surface area (Å²) >= 11 is 0. The SMILES string of the molecule is CCCCCCCNC(=O)CCC(=O)CC(CC(=O)CC(CC(=O)NCC(=O)NCCCCCCO[C@@H]1O[C@H](CO)[C@H](O)[C@H](O)[C@H]1NC(C)=O)C(=O)NCC(=O)CCCCCCCO[C@@H]1O[C@H](CO)[C@H](O)[C@H](O)[C@H]1NC(C)=O)C(=O)NCC(=O)NCCCCCCO[C@@H]1O[C@H](CO)[C@H](O)[C@H](O)[C@H]1NC(C)=O. The molecule has 9 amide bonds. The third-order valence-electron chi connectivity index (χ3n) is 18.1. The zero-order valence-corrected chi connectivity index (χ0v) is 61.9. The monoisotopic (exact) mass is 1520 g/mol. The molecular weight excluding hydrogens is 1400 g/mol. The van der Waals surface area contributed by atoms with E-state index in [2.05, 4.69) is 54.8 Å². The van der Waals surface area contributed by atoms with Gasteiger partial charge in [0.2, 0.25) is 53.2 Å². The Morgan fingerprint density at radius 1 is 0.340 bits per heavy atom. The van der Waals surface area contributed by atoms with Gasteiger partial charge in [-0.3, -0.25) is 57.5 Å². The zero-order valence-electron chi connectivity index (χ0n) is 61.9. The summed E-state index contributed by atoms with van der Waals surface area (Å²) in [6, 6.07) is -3.28. The van der Waals surface area contributed by atoms with Crippen LogP contribution in [0.1, 0.15) is 188 Å². The molecule has 18 N–H and O–H groups in total. The normalized spacial score (nSPS) is 24.8. The van der Waals surface area contributed by atoms with Crippen molar-refractivity contribution in [3.8, 4) is 0 Å². The molecule has 2 unspecified atom stereocenters. The van der Waals surface area contributed by atoms with Crippen LogP contribution in [0.2, 0.25) is 0 Å². The van der Waals surface area contributed by atoms with Gasteiger partial charge in [-0.25, -0.2) is 0 Å². The number of hydrogen-bond donors (Lipinski definition) is 18. The number of rotatable bonds is 56. The van der Waals surface area contributed by atoms with E-state index in [0.29, 0.717) is 90.0 Å². The first-order valence-corrected chi connectivity index (χ1v) is 37.3. The molecule has 0 aromatic rings. The quantitative estimate of drug-likeness (QED) is 0.0260. The van der Waals surface area contributed by atoms with Crippen molar-refractivity contribution in [2.45, 2.75) is 280 Å². The number of amides is 9. The van der Waals surface area contributed by atoms with Crippen LogP contribution in [0.3, 0.4) is 0 Å². The number of ketones is 3. The van der Waals surface area contributed by atoms with E-state index >= 15 is 0 Å². The summed E-state index contributed by atoms with van der Waals surface area (Å²) in [4.78, 5) is 156. The van der Waals surface area contributed by atoms with Crippen LogP contribution >= 0.6 is 0 Å². The standard InChI is InChI=1S/C70H121N9O27/c1-5-6-7-10-17-26-71-53(89)25-24-47(86)32-45(66(99)76-38-56(92)73-28-19-12-15-22-31-103-70-59(79-44(4)85)65(98)62(95)52(41-82)106-70)33-49(88)34-46(67(100)75-36-48(87)23-16-9-8-13-20-29-101-68-57(77-42(2)83)63(96)60(93)50(39-80)104-68)35-54(90)74-37-55(91)72-27-18-11-14-21-30-102-69-58(78-43(3)84)64(97)61(94)51(40-81)105-69/h45-46,50-52,57-65,68-70,80-82,93-98H,5-41H2,1-4H3,(H,71,89)(H,72,91)(H,73,92)(H,74,90)(H,75,100)(H,76,99)(H,77,83)(H,78,84)(H,79,85)/t45?,46?,50-,51-,52-,57-,58-,59-,60+,61+,62+,63-,64-,65-,68-,69-,70-/m1/s1. The predicted octanol–water partition coefficient (Wildman–Crippen LogP) is -3.72. The fraction of sp³-hybridized carbons (Fsp3) is 0.829. The number of carbonyl (C=O) groups is 12. The molecule has 3 aliphatic heterocycles. The van der Waals surface area contributed by atoms with Crippen LogP contribution in [-0.4, -0.2) is 287 Å². The van der Waals surface area contributed by atoms with E-state index in [9.17, 15) is 103 Å². The molecule has 0 aromatic carbocycles. The highest BCUT2D eigenvalue weighted by Crippen LogP contribution is 2.27. The Hall–Kier alpha value is -6.36. The van der Waals surface area contributed by atoms with Gasteiger partial charge in [-0.2, -0.15) is 0 Å². The second-order valence-electron chi connectivity index (χ2n) is 27.3. The molecule has 3 heterocycles. The summed E-state index contributed by atoms with van der Waals surface area (Å²) in [5.41, 5.74) is 0. The van der Waals surface area contributed by atoms with Gasteiger partial charge in [-0.15, -0.1) is 0 Å². The average Bonchev–Trinajstić information content (AvgIpc) is 0.822. The molecule has 3 aliphatic rings. The number of Topliss-reactive ketones (excluding diaryl/α,β-unsaturated/α-hetero) is 3. The predicted molar refractivity (Wildman–Crippen MR) is 375 cm³/mol. The molecule has 17 atom stereocenters. The number of nitrogens with one attached hydrogen (secondary N) is 9. The van der Waals surface area contributed by atoms with E-state index in [-0.39, 0.29) is 63.9 Å². The lowest BCUT2D eigenvalue weighted by molar-refractivity contribution is -0.270. The highest BCUT2D eigenvalue weighted by molar-refractivity contribution is 5.96. The van der Waals surface area contributed by atoms with E-state index in [4.69, 9.17) is 28.4 Å². The van der Waals surface area contributed by atoms with Crippen molar-refractivity contribution in [3.63, 3.8) is 0 Å². The van der Waals surface area contributed by atoms with Crippen LogP contribution in [0.5, 0.6) is 0 Å². The third-order valence-corrected chi connectivity index (χ3v) is 18.1. The van der Waals surface area contributed by atoms with Crippen molar-refractivity contribution in [1.29, 1.82) is 0 Å². The van der Waals surface area contributed by atoms with E-state index < -0.39 is 228 Å². The summed E-state index contributed by atoms with van der Waals surface area (Å²) in [5.74, 6) is -10.2. The van der Waals surface area contributed by atoms with Gasteiger partial charge < -0.3 is 122 Å². The Bertz CT molecular complexity index is 2690. The van der Waals surface area contributed by atoms with Crippen LogP contribution in [0, 0.1) is 11.8 Å². The van der Waals surface area contributed by atoms with Gasteiger partial charge in [-0.1, -0.05) is 77.6 Å². The zero-order chi connectivity index (χ0) is 78.5. The molecule has 608 valence electrons. The van der Waals surface area contributed by atoms with Gasteiger partial charge in [-0.05, 0) is 44.9 Å². The largest absolute Gasteiger partial charge is 0.394 e. The fourth-order valence-corrected chi connectivity index (χ4v) is 12.2. The number of aliphatic hydroxyl groups excluding tert-OH is 9. The smallest absolute Gasteiger partial charge is 0.239 e. The molecule has 0 aromatic heterocycles. The van der Waals surface area contributed by atoms with Gasteiger partial charge in [0.15, 0.2) is 24.7 Å². The first-order chi connectivity index (χ1) is 50.6. The lowest BCUT2D eigenvalue weighted by atomic mass is 9.89. The lowest BCUT2D eigenvalue weighted by Gasteiger charge is -2.42. The first-order valence-electron chi connectivity index (χ1n) is 37.3. The van der Waals surface area contributed by atoms with Crippen molar-refractivity contribution in [2.24, 2.45) is 11.8 Å². The topological polar surface area (TPSA) is 551 Å². The Morgan fingerprint density at radius 3 is 1.08 bits per heavy atom. The average molecular weight is 1520 g/mol. The number of carbonyl (C=O) groups excluding carboxylic acids is 12. The van der Waals surface area contributed by atoms with E-state index in [1.54, 1.807) is 0 Å². The third kappa shape index (κ3) is 37.2. The molecule has 3 saturated heterocycles. The highest BCUT2D eigenvalue weighted by Gasteiger charge is 2.48. The molecule has 0 radical (unpaired) electrons. The van der Waals surface area contributed by atoms with Crippen molar-refractivity contribution < 1.29 is 132 Å². The van der Waals surface area contributed by atoms with E-state index in [1.807, 2.05) is 0 Å². The molecule has 0 saturated carbocycles. The summed E-state index contributed by atoms with van der Waals surface area (Å²) in [7, 11) is 0. The minimum Gasteiger partial charge on any atom is -0.394 e. The second kappa shape index (κ2) is 53.5. The minimum atomic E-state index is -1.47. The molecule has 0 aliphatic carbocycles. The van der Waals surface area contributed by atoms with Gasteiger partial charge in [0, 0.05) is 105 Å². The second-order valence-corrected chi connectivity index (χ2v) is 27.3. The van der Waals surface area contributed by atoms with E-state index in [1.165, 1.54) is 20.8 Å². The maximum atomic E-state index is 14.1. The molecular formula is C70H121N9O27. The molecule has 36 heteroatoms. The van der Waals surface area contributed by atoms with Crippen molar-refractivity contribution >= 4 is 70.5 Å². The molecule has 36 nitrogen and oxygen atoms in total. The Balaban J connectivity index is 1.63. The maximum Gasteiger partial charge on any atom is 0.239 e. The molecule has 3 rings (SSSR count). The number of hydrogen-bond acceptors (Lipinski definition) is 27. The maximum absolute atomic E-state index is 14.1. The molecule has 0 spiro atoms. The fourth-order valence-electron chi connectivity index (χ4n) is 12.2. The number of ether oxygens (including phenoxy) is 6. The van der Waals surface area contributed by atoms with E-state index in [0.717, 1.165) is 32.1 Å². The van der Waals surface area contributed by atoms with Crippen LogP contribution in [0.25, 0.3) is 0 Å². The number of unbranched alkanes of at least 4 members (excludes halogenated alkanes) is 14. The highest BCUT2D eigenvalue weighted by atomic mass is 16.7. The minimum absolute atomic E-state index is 0.0411. The van der Waals surface area contributed by atoms with Crippen LogP contribution in [0.4, 0.5) is 0 Å². The van der Waals surface area contributed by atoms with Gasteiger partial charge >= 0.3 is 0 Å². The Morgan fingerprint density at radius 2 is 0.679 bits per heavy atom. The van der Waals surface area contributed by atoms with Crippen LogP contribution < -0.4 is 47.9 Å². The summed E-state index contributed by atoms with van der Waals surface area (Å²) in [6.45, 7) is 3.56. The van der Waals surface area contributed by atoms with Crippen LogP contribution in [0.15, 0.2) is 0 Å². The first kappa shape index (κ1) is 93.8. The summed E-state index contributed by atoms with van der Waals surface area (Å²) in [6.07, 6.45) is -6.65. The van der Waals surface area contributed by atoms with Crippen molar-refractivity contribution in [2.75, 3.05) is 78.9 Å². The molecule has 0 bridgehead atoms. The van der Waals surface area contributed by atoms with Gasteiger partial charge in [0.1, 0.15) is 84.6 Å². The van der Waals surface area contributed by atoms with Crippen molar-refractivity contribution in [1.82, 2.24) is 47.9 Å². The Labute approximate surface area is 619 Å². The lowest BCUT2D eigenvalue weighted by Crippen LogP contribution is -2.64. The molecule has 3 fully saturated rings. The van der Waals surface area contributed by atoms with Gasteiger partial charge in [0.05, 0.1) is 51.3 Å². The molecule has 106 heavy (non-hydrogen) atoms. The summed E-state index contributed by atoms with van der Waals surface area (Å²) in [5, 5.41) is 114. The summed E-state index contributed by atoms with van der Waals surface area (Å²) < 4.78 is 34.0. The number of aliphatic hydroxyl groups is 9. The van der Waals surface area contributed by atoms with Crippen LogP contribution in [-0.2, 0) is 86.0 Å².